The molecule has 26 heavy (non-hydrogen) atoms. The van der Waals surface area contributed by atoms with Gasteiger partial charge in [0.05, 0.1) is 36.7 Å². The van der Waals surface area contributed by atoms with Crippen molar-refractivity contribution in [3.63, 3.8) is 0 Å². The Balaban J connectivity index is 1.44. The Morgan fingerprint density at radius 1 is 1.23 bits per heavy atom. The number of hydrogen-bond donors (Lipinski definition) is 1. The fourth-order valence-electron chi connectivity index (χ4n) is 4.25. The monoisotopic (exact) mass is 371 g/mol. The normalized spacial score (nSPS) is 21.2. The number of rotatable bonds is 3. The molecule has 0 atom stereocenters. The van der Waals surface area contributed by atoms with E-state index in [-0.39, 0.29) is 5.54 Å². The van der Waals surface area contributed by atoms with E-state index >= 15 is 0 Å². The number of aromatic amines is 1. The molecule has 0 bridgehead atoms. The van der Waals surface area contributed by atoms with E-state index in [4.69, 9.17) is 16.3 Å². The van der Waals surface area contributed by atoms with Gasteiger partial charge in [-0.2, -0.15) is 10.2 Å². The third-order valence-electron chi connectivity index (χ3n) is 5.94. The summed E-state index contributed by atoms with van der Waals surface area (Å²) < 4.78 is 7.35. The van der Waals surface area contributed by atoms with Crippen molar-refractivity contribution in [1.82, 2.24) is 24.9 Å². The first-order valence-electron chi connectivity index (χ1n) is 9.13. The summed E-state index contributed by atoms with van der Waals surface area (Å²) in [6.07, 6.45) is 7.74. The van der Waals surface area contributed by atoms with Crippen molar-refractivity contribution in [3.8, 4) is 5.69 Å². The number of benzene rings is 1. The molecule has 0 spiro atoms. The van der Waals surface area contributed by atoms with Crippen LogP contribution in [0.3, 0.4) is 0 Å². The first-order chi connectivity index (χ1) is 12.6. The van der Waals surface area contributed by atoms with Crippen molar-refractivity contribution in [3.05, 3.63) is 41.3 Å². The van der Waals surface area contributed by atoms with Gasteiger partial charge >= 0.3 is 0 Å². The highest BCUT2D eigenvalue weighted by atomic mass is 35.5. The molecule has 2 saturated heterocycles. The van der Waals surface area contributed by atoms with Crippen molar-refractivity contribution < 1.29 is 4.74 Å². The van der Waals surface area contributed by atoms with E-state index in [1.807, 2.05) is 23.1 Å². The number of H-pyrrole nitrogens is 1. The number of halogens is 1. The van der Waals surface area contributed by atoms with Crippen LogP contribution in [0.15, 0.2) is 30.7 Å². The van der Waals surface area contributed by atoms with E-state index in [1.54, 1.807) is 6.20 Å². The van der Waals surface area contributed by atoms with Crippen LogP contribution >= 0.6 is 11.6 Å². The summed E-state index contributed by atoms with van der Waals surface area (Å²) in [5.41, 5.74) is 3.48. The molecular formula is C19H22ClN5O. The second-order valence-corrected chi connectivity index (χ2v) is 8.10. The number of piperidine rings is 1. The molecule has 0 saturated carbocycles. The lowest BCUT2D eigenvalue weighted by Crippen LogP contribution is -2.61. The van der Waals surface area contributed by atoms with Gasteiger partial charge in [0.15, 0.2) is 0 Å². The van der Waals surface area contributed by atoms with Gasteiger partial charge in [0, 0.05) is 16.6 Å². The van der Waals surface area contributed by atoms with Gasteiger partial charge < -0.3 is 4.74 Å². The highest BCUT2D eigenvalue weighted by molar-refractivity contribution is 6.32. The zero-order valence-corrected chi connectivity index (χ0v) is 15.5. The molecule has 1 N–H and O–H groups in total. The van der Waals surface area contributed by atoms with Crippen molar-refractivity contribution in [2.45, 2.75) is 31.2 Å². The van der Waals surface area contributed by atoms with Crippen LogP contribution in [0.25, 0.3) is 16.6 Å². The first kappa shape index (κ1) is 16.3. The van der Waals surface area contributed by atoms with Crippen LogP contribution < -0.4 is 0 Å². The maximum absolute atomic E-state index is 6.65. The van der Waals surface area contributed by atoms with E-state index < -0.39 is 0 Å². The second kappa shape index (κ2) is 6.08. The number of fused-ring (bicyclic) bond motifs is 1. The van der Waals surface area contributed by atoms with E-state index in [1.165, 1.54) is 5.56 Å². The standard InChI is InChI=1S/C19H22ClN5O/c1-19(11-26-12-19)24-4-2-13(3-5-24)16-7-18-14(6-17(16)20)8-23-25(18)15-9-21-22-10-15/h6-10,13H,2-5,11-12H2,1H3,(H,21,22). The minimum Gasteiger partial charge on any atom is -0.377 e. The van der Waals surface area contributed by atoms with Crippen LogP contribution in [-0.4, -0.2) is 56.7 Å². The summed E-state index contributed by atoms with van der Waals surface area (Å²) in [6.45, 7) is 6.21. The molecular weight excluding hydrogens is 350 g/mol. The number of nitrogens with zero attached hydrogens (tertiary/aromatic N) is 4. The number of ether oxygens (including phenoxy) is 1. The minimum atomic E-state index is 0.235. The molecule has 2 aromatic heterocycles. The second-order valence-electron chi connectivity index (χ2n) is 7.70. The Morgan fingerprint density at radius 3 is 2.69 bits per heavy atom. The molecule has 5 rings (SSSR count). The molecule has 2 aliphatic heterocycles. The lowest BCUT2D eigenvalue weighted by molar-refractivity contribution is -0.136. The predicted octanol–water partition coefficient (Wildman–Crippen LogP) is 3.37. The van der Waals surface area contributed by atoms with Crippen LogP contribution in [0.2, 0.25) is 5.02 Å². The molecule has 0 unspecified atom stereocenters. The highest BCUT2D eigenvalue weighted by Gasteiger charge is 2.41. The van der Waals surface area contributed by atoms with E-state index in [0.717, 1.165) is 60.8 Å². The van der Waals surface area contributed by atoms with Gasteiger partial charge in [0.1, 0.15) is 5.69 Å². The fraction of sp³-hybridized carbons (Fsp3) is 0.474. The van der Waals surface area contributed by atoms with Crippen LogP contribution in [0.1, 0.15) is 31.2 Å². The molecule has 0 aliphatic carbocycles. The Bertz CT molecular complexity index is 923. The van der Waals surface area contributed by atoms with Crippen molar-refractivity contribution >= 4 is 22.5 Å². The fourth-order valence-corrected chi connectivity index (χ4v) is 4.58. The molecule has 7 heteroatoms. The third kappa shape index (κ3) is 2.55. The first-order valence-corrected chi connectivity index (χ1v) is 9.51. The van der Waals surface area contributed by atoms with Crippen LogP contribution in [0.5, 0.6) is 0 Å². The van der Waals surface area contributed by atoms with Crippen LogP contribution in [0.4, 0.5) is 0 Å². The van der Waals surface area contributed by atoms with Crippen molar-refractivity contribution in [2.24, 2.45) is 0 Å². The Kier molecular flexibility index (Phi) is 3.81. The highest BCUT2D eigenvalue weighted by Crippen LogP contribution is 2.38. The summed E-state index contributed by atoms with van der Waals surface area (Å²) in [4.78, 5) is 2.58. The quantitative estimate of drug-likeness (QED) is 0.766. The topological polar surface area (TPSA) is 59.0 Å². The molecule has 3 aromatic rings. The Morgan fingerprint density at radius 2 is 2.04 bits per heavy atom. The number of nitrogens with one attached hydrogen (secondary N) is 1. The molecule has 6 nitrogen and oxygen atoms in total. The summed E-state index contributed by atoms with van der Waals surface area (Å²) >= 11 is 6.65. The number of likely N-dealkylation sites (tertiary alicyclic amines) is 1. The summed E-state index contributed by atoms with van der Waals surface area (Å²) in [5, 5.41) is 13.3. The maximum Gasteiger partial charge on any atom is 0.103 e. The van der Waals surface area contributed by atoms with Crippen molar-refractivity contribution in [2.75, 3.05) is 26.3 Å². The zero-order chi connectivity index (χ0) is 17.7. The van der Waals surface area contributed by atoms with Crippen LogP contribution in [0, 0.1) is 0 Å². The zero-order valence-electron chi connectivity index (χ0n) is 14.8. The molecule has 4 heterocycles. The summed E-state index contributed by atoms with van der Waals surface area (Å²) in [6, 6.07) is 4.26. The minimum absolute atomic E-state index is 0.235. The molecule has 2 aliphatic rings. The van der Waals surface area contributed by atoms with E-state index in [9.17, 15) is 0 Å². The molecule has 0 radical (unpaired) electrons. The lowest BCUT2D eigenvalue weighted by atomic mass is 9.86. The van der Waals surface area contributed by atoms with Crippen molar-refractivity contribution in [1.29, 1.82) is 0 Å². The lowest BCUT2D eigenvalue weighted by Gasteiger charge is -2.50. The van der Waals surface area contributed by atoms with Gasteiger partial charge in [-0.1, -0.05) is 11.6 Å². The number of aromatic nitrogens is 4. The van der Waals surface area contributed by atoms with Gasteiger partial charge in [-0.15, -0.1) is 0 Å². The average molecular weight is 372 g/mol. The summed E-state index contributed by atoms with van der Waals surface area (Å²) in [5.74, 6) is 0.487. The van der Waals surface area contributed by atoms with Gasteiger partial charge in [-0.05, 0) is 56.5 Å². The predicted molar refractivity (Wildman–Crippen MR) is 101 cm³/mol. The van der Waals surface area contributed by atoms with Gasteiger partial charge in [-0.25, -0.2) is 4.68 Å². The maximum atomic E-state index is 6.65. The Hall–Kier alpha value is -1.89. The Labute approximate surface area is 157 Å². The third-order valence-corrected chi connectivity index (χ3v) is 6.27. The van der Waals surface area contributed by atoms with Gasteiger partial charge in [0.25, 0.3) is 0 Å². The molecule has 1 aromatic carbocycles. The average Bonchev–Trinajstić information content (AvgIpc) is 3.28. The van der Waals surface area contributed by atoms with Crippen LogP contribution in [-0.2, 0) is 4.74 Å². The largest absolute Gasteiger partial charge is 0.377 e. The summed E-state index contributed by atoms with van der Waals surface area (Å²) in [7, 11) is 0. The molecule has 0 amide bonds. The van der Waals surface area contributed by atoms with Gasteiger partial charge in [-0.3, -0.25) is 10.00 Å². The molecule has 136 valence electrons. The van der Waals surface area contributed by atoms with E-state index in [0.29, 0.717) is 5.92 Å². The SMILES string of the molecule is CC1(N2CCC(c3cc4c(cnn4-c4cn[nH]c4)cc3Cl)CC2)COC1. The smallest absolute Gasteiger partial charge is 0.103 e. The van der Waals surface area contributed by atoms with Gasteiger partial charge in [0.2, 0.25) is 0 Å². The molecule has 2 fully saturated rings. The van der Waals surface area contributed by atoms with E-state index in [2.05, 4.69) is 33.2 Å². The number of hydrogen-bond acceptors (Lipinski definition) is 4.